The van der Waals surface area contributed by atoms with E-state index in [1.165, 1.54) is 19.2 Å². The molecule has 0 saturated carbocycles. The summed E-state index contributed by atoms with van der Waals surface area (Å²) in [5, 5.41) is 3.76. The van der Waals surface area contributed by atoms with Gasteiger partial charge in [-0.1, -0.05) is 12.1 Å². The third-order valence-corrected chi connectivity index (χ3v) is 4.62. The van der Waals surface area contributed by atoms with Crippen molar-refractivity contribution in [3.8, 4) is 17.3 Å². The van der Waals surface area contributed by atoms with Crippen LogP contribution in [0.1, 0.15) is 11.1 Å². The average molecular weight is 410 g/mol. The molecule has 2 heterocycles. The van der Waals surface area contributed by atoms with Crippen molar-refractivity contribution in [2.75, 3.05) is 12.4 Å². The van der Waals surface area contributed by atoms with Gasteiger partial charge in [0, 0.05) is 22.8 Å². The maximum absolute atomic E-state index is 12.8. The zero-order chi connectivity index (χ0) is 21.3. The molecule has 0 radical (unpaired) electrons. The number of alkyl halides is 3. The van der Waals surface area contributed by atoms with E-state index in [9.17, 15) is 13.2 Å². The van der Waals surface area contributed by atoms with Crippen LogP contribution in [0.15, 0.2) is 60.8 Å². The van der Waals surface area contributed by atoms with Gasteiger partial charge in [0.2, 0.25) is 0 Å². The number of methoxy groups -OCH3 is 1. The van der Waals surface area contributed by atoms with Crippen LogP contribution >= 0.6 is 0 Å². The number of nitrogens with zero attached hydrogens (tertiary/aromatic N) is 3. The number of nitrogens with one attached hydrogen (secondary N) is 1. The summed E-state index contributed by atoms with van der Waals surface area (Å²) in [6.07, 6.45) is -2.66. The number of aromatic nitrogens is 3. The van der Waals surface area contributed by atoms with E-state index in [0.29, 0.717) is 22.4 Å². The number of hydrogen-bond donors (Lipinski definition) is 1. The fourth-order valence-corrected chi connectivity index (χ4v) is 3.11. The van der Waals surface area contributed by atoms with Crippen LogP contribution in [0.3, 0.4) is 0 Å². The molecule has 0 aliphatic rings. The molecule has 0 saturated heterocycles. The van der Waals surface area contributed by atoms with Crippen LogP contribution in [0.4, 0.5) is 24.7 Å². The summed E-state index contributed by atoms with van der Waals surface area (Å²) in [6.45, 7) is 1.98. The molecule has 5 nitrogen and oxygen atoms in total. The van der Waals surface area contributed by atoms with E-state index in [2.05, 4.69) is 20.3 Å². The second-order valence-electron chi connectivity index (χ2n) is 6.66. The zero-order valence-corrected chi connectivity index (χ0v) is 16.2. The van der Waals surface area contributed by atoms with Crippen molar-refractivity contribution in [1.29, 1.82) is 0 Å². The van der Waals surface area contributed by atoms with Crippen LogP contribution in [0.5, 0.6) is 6.01 Å². The van der Waals surface area contributed by atoms with Crippen molar-refractivity contribution in [1.82, 2.24) is 15.0 Å². The molecule has 0 aliphatic heterocycles. The molecule has 0 unspecified atom stereocenters. The number of fused-ring (bicyclic) bond motifs is 1. The Hall–Kier alpha value is -3.68. The second-order valence-corrected chi connectivity index (χ2v) is 6.66. The lowest BCUT2D eigenvalue weighted by atomic mass is 10.0. The number of anilines is 2. The number of benzene rings is 2. The van der Waals surface area contributed by atoms with Crippen LogP contribution in [0.2, 0.25) is 0 Å². The molecule has 2 aromatic carbocycles. The largest absolute Gasteiger partial charge is 0.467 e. The van der Waals surface area contributed by atoms with Gasteiger partial charge in [-0.05, 0) is 55.0 Å². The molecule has 30 heavy (non-hydrogen) atoms. The Morgan fingerprint density at radius 1 is 0.967 bits per heavy atom. The molecule has 4 rings (SSSR count). The number of hydrogen-bond acceptors (Lipinski definition) is 5. The average Bonchev–Trinajstić information content (AvgIpc) is 2.73. The van der Waals surface area contributed by atoms with Gasteiger partial charge in [0.25, 0.3) is 0 Å². The predicted octanol–water partition coefficient (Wildman–Crippen LogP) is 5.77. The highest BCUT2D eigenvalue weighted by Gasteiger charge is 2.30. The molecule has 4 aromatic rings. The van der Waals surface area contributed by atoms with Crippen LogP contribution < -0.4 is 10.1 Å². The Morgan fingerprint density at radius 3 is 2.40 bits per heavy atom. The fourth-order valence-electron chi connectivity index (χ4n) is 3.11. The number of halogens is 3. The Bertz CT molecular complexity index is 1210. The maximum Gasteiger partial charge on any atom is 0.416 e. The third-order valence-electron chi connectivity index (χ3n) is 4.62. The van der Waals surface area contributed by atoms with Gasteiger partial charge in [-0.2, -0.15) is 23.1 Å². The molecule has 8 heteroatoms. The van der Waals surface area contributed by atoms with E-state index in [-0.39, 0.29) is 6.01 Å². The molecule has 152 valence electrons. The highest BCUT2D eigenvalue weighted by Crippen LogP contribution is 2.32. The first-order chi connectivity index (χ1) is 14.3. The molecular weight excluding hydrogens is 393 g/mol. The van der Waals surface area contributed by atoms with E-state index in [1.54, 1.807) is 6.20 Å². The smallest absolute Gasteiger partial charge is 0.416 e. The Labute approximate surface area is 170 Å². The van der Waals surface area contributed by atoms with Gasteiger partial charge in [0.05, 0.1) is 23.9 Å². The highest BCUT2D eigenvalue weighted by molar-refractivity contribution is 5.93. The summed E-state index contributed by atoms with van der Waals surface area (Å²) < 4.78 is 43.6. The van der Waals surface area contributed by atoms with Crippen LogP contribution in [-0.2, 0) is 6.18 Å². The normalized spacial score (nSPS) is 11.5. The minimum atomic E-state index is -4.39. The molecule has 1 N–H and O–H groups in total. The van der Waals surface area contributed by atoms with Gasteiger partial charge in [-0.3, -0.25) is 4.98 Å². The van der Waals surface area contributed by atoms with Gasteiger partial charge in [0.15, 0.2) is 0 Å². The number of aryl methyl sites for hydroxylation is 1. The molecule has 2 aromatic heterocycles. The predicted molar refractivity (Wildman–Crippen MR) is 109 cm³/mol. The van der Waals surface area contributed by atoms with E-state index in [1.807, 2.05) is 37.3 Å². The summed E-state index contributed by atoms with van der Waals surface area (Å²) in [7, 11) is 1.45. The SMILES string of the molecule is COc1nc(Nc2ccc(C(F)(F)F)cc2)c2ccc(-c3ncccc3C)cc2n1. The standard InChI is InChI=1S/C22H17F3N4O/c1-13-4-3-11-26-19(13)14-5-10-17-18(12-14)28-21(30-2)29-20(17)27-16-8-6-15(7-9-16)22(23,24)25/h3-12H,1-2H3,(H,27,28,29). The summed E-state index contributed by atoms with van der Waals surface area (Å²) in [5.41, 5.74) is 3.14. The maximum atomic E-state index is 12.8. The molecular formula is C22H17F3N4O. The molecule has 0 bridgehead atoms. The first kappa shape index (κ1) is 19.6. The number of ether oxygens (including phenoxy) is 1. The number of rotatable bonds is 4. The van der Waals surface area contributed by atoms with E-state index >= 15 is 0 Å². The van der Waals surface area contributed by atoms with Crippen LogP contribution in [0.25, 0.3) is 22.2 Å². The Kier molecular flexibility index (Phi) is 4.99. The summed E-state index contributed by atoms with van der Waals surface area (Å²) in [6, 6.07) is 14.4. The van der Waals surface area contributed by atoms with Gasteiger partial charge < -0.3 is 10.1 Å². The highest BCUT2D eigenvalue weighted by atomic mass is 19.4. The molecule has 0 aliphatic carbocycles. The second kappa shape index (κ2) is 7.62. The quantitative estimate of drug-likeness (QED) is 0.463. The summed E-state index contributed by atoms with van der Waals surface area (Å²) >= 11 is 0. The van der Waals surface area contributed by atoms with E-state index in [4.69, 9.17) is 4.74 Å². The molecule has 0 atom stereocenters. The first-order valence-corrected chi connectivity index (χ1v) is 9.07. The minimum Gasteiger partial charge on any atom is -0.467 e. The fraction of sp³-hybridized carbons (Fsp3) is 0.136. The van der Waals surface area contributed by atoms with Crippen molar-refractivity contribution in [3.63, 3.8) is 0 Å². The lowest BCUT2D eigenvalue weighted by molar-refractivity contribution is -0.137. The molecule has 0 spiro atoms. The van der Waals surface area contributed by atoms with Crippen molar-refractivity contribution >= 4 is 22.4 Å². The van der Waals surface area contributed by atoms with Crippen molar-refractivity contribution in [2.24, 2.45) is 0 Å². The van der Waals surface area contributed by atoms with Crippen molar-refractivity contribution < 1.29 is 17.9 Å². The summed E-state index contributed by atoms with van der Waals surface area (Å²) in [4.78, 5) is 13.2. The van der Waals surface area contributed by atoms with Crippen molar-refractivity contribution in [3.05, 3.63) is 71.9 Å². The van der Waals surface area contributed by atoms with Gasteiger partial charge in [-0.15, -0.1) is 0 Å². The first-order valence-electron chi connectivity index (χ1n) is 9.07. The zero-order valence-electron chi connectivity index (χ0n) is 16.2. The molecule has 0 fully saturated rings. The van der Waals surface area contributed by atoms with E-state index < -0.39 is 11.7 Å². The van der Waals surface area contributed by atoms with Gasteiger partial charge in [-0.25, -0.2) is 0 Å². The molecule has 0 amide bonds. The van der Waals surface area contributed by atoms with Crippen LogP contribution in [0, 0.1) is 6.92 Å². The minimum absolute atomic E-state index is 0.145. The Balaban J connectivity index is 1.75. The number of pyridine rings is 1. The van der Waals surface area contributed by atoms with Crippen LogP contribution in [-0.4, -0.2) is 22.1 Å². The van der Waals surface area contributed by atoms with Crippen molar-refractivity contribution in [2.45, 2.75) is 13.1 Å². The summed E-state index contributed by atoms with van der Waals surface area (Å²) in [5.74, 6) is 0.431. The van der Waals surface area contributed by atoms with Gasteiger partial charge >= 0.3 is 12.2 Å². The Morgan fingerprint density at radius 2 is 1.73 bits per heavy atom. The van der Waals surface area contributed by atoms with E-state index in [0.717, 1.165) is 29.0 Å². The lowest BCUT2D eigenvalue weighted by Crippen LogP contribution is -2.05. The van der Waals surface area contributed by atoms with Gasteiger partial charge in [0.1, 0.15) is 5.82 Å². The lowest BCUT2D eigenvalue weighted by Gasteiger charge is -2.13. The topological polar surface area (TPSA) is 59.9 Å². The third kappa shape index (κ3) is 3.89. The monoisotopic (exact) mass is 410 g/mol.